The molecule has 1 heterocycles. The SMILES string of the molecule is COc1ccccc1N/C=C/c1nnnn1-c1ccc(Cl)cc1. The molecule has 1 N–H and O–H groups in total. The van der Waals surface area contributed by atoms with E-state index in [4.69, 9.17) is 16.3 Å². The van der Waals surface area contributed by atoms with Crippen molar-refractivity contribution in [3.05, 3.63) is 65.6 Å². The molecule has 0 aliphatic heterocycles. The van der Waals surface area contributed by atoms with E-state index < -0.39 is 0 Å². The third-order valence-electron chi connectivity index (χ3n) is 3.14. The van der Waals surface area contributed by atoms with Crippen LogP contribution in [0.3, 0.4) is 0 Å². The Balaban J connectivity index is 1.79. The second kappa shape index (κ2) is 6.93. The molecule has 0 saturated heterocycles. The Kier molecular flexibility index (Phi) is 4.54. The Morgan fingerprint density at radius 3 is 2.70 bits per heavy atom. The van der Waals surface area contributed by atoms with Gasteiger partial charge in [0.25, 0.3) is 0 Å². The van der Waals surface area contributed by atoms with Gasteiger partial charge in [-0.15, -0.1) is 5.10 Å². The summed E-state index contributed by atoms with van der Waals surface area (Å²) in [6.07, 6.45) is 3.54. The number of benzene rings is 2. The van der Waals surface area contributed by atoms with Gasteiger partial charge in [0.05, 0.1) is 18.5 Å². The number of hydrogen-bond donors (Lipinski definition) is 1. The van der Waals surface area contributed by atoms with E-state index in [9.17, 15) is 0 Å². The van der Waals surface area contributed by atoms with E-state index in [0.717, 1.165) is 17.1 Å². The van der Waals surface area contributed by atoms with Gasteiger partial charge in [-0.25, -0.2) is 0 Å². The van der Waals surface area contributed by atoms with Crippen molar-refractivity contribution in [2.75, 3.05) is 12.4 Å². The fraction of sp³-hybridized carbons (Fsp3) is 0.0625. The highest BCUT2D eigenvalue weighted by Crippen LogP contribution is 2.23. The van der Waals surface area contributed by atoms with Crippen molar-refractivity contribution in [1.82, 2.24) is 20.2 Å². The summed E-state index contributed by atoms with van der Waals surface area (Å²) in [7, 11) is 1.63. The van der Waals surface area contributed by atoms with Crippen LogP contribution in [-0.2, 0) is 0 Å². The predicted octanol–water partition coefficient (Wildman–Crippen LogP) is 3.41. The standard InChI is InChI=1S/C16H14ClN5O/c1-23-15-5-3-2-4-14(15)18-11-10-16-19-20-21-22(16)13-8-6-12(17)7-9-13/h2-11,18H,1H3/b11-10+. The van der Waals surface area contributed by atoms with Crippen LogP contribution in [0.4, 0.5) is 5.69 Å². The monoisotopic (exact) mass is 327 g/mol. The molecule has 0 aliphatic carbocycles. The summed E-state index contributed by atoms with van der Waals surface area (Å²) >= 11 is 5.90. The van der Waals surface area contributed by atoms with Crippen LogP contribution in [0.25, 0.3) is 11.8 Å². The minimum Gasteiger partial charge on any atom is -0.495 e. The van der Waals surface area contributed by atoms with Crippen LogP contribution in [0.1, 0.15) is 5.82 Å². The lowest BCUT2D eigenvalue weighted by Crippen LogP contribution is -2.00. The zero-order valence-electron chi connectivity index (χ0n) is 12.3. The fourth-order valence-electron chi connectivity index (χ4n) is 2.03. The number of rotatable bonds is 5. The summed E-state index contributed by atoms with van der Waals surface area (Å²) < 4.78 is 6.90. The molecule has 0 bridgehead atoms. The number of hydrogen-bond acceptors (Lipinski definition) is 5. The van der Waals surface area contributed by atoms with E-state index >= 15 is 0 Å². The molecule has 3 aromatic rings. The molecule has 0 spiro atoms. The third kappa shape index (κ3) is 3.49. The number of tetrazole rings is 1. The molecule has 0 fully saturated rings. The lowest BCUT2D eigenvalue weighted by molar-refractivity contribution is 0.417. The Morgan fingerprint density at radius 2 is 1.91 bits per heavy atom. The van der Waals surface area contributed by atoms with Gasteiger partial charge in [0.1, 0.15) is 5.75 Å². The number of nitrogens with zero attached hydrogens (tertiary/aromatic N) is 4. The lowest BCUT2D eigenvalue weighted by Gasteiger charge is -2.07. The van der Waals surface area contributed by atoms with E-state index in [0.29, 0.717) is 10.8 Å². The Labute approximate surface area is 138 Å². The van der Waals surface area contributed by atoms with Crippen LogP contribution in [-0.4, -0.2) is 27.3 Å². The summed E-state index contributed by atoms with van der Waals surface area (Å²) in [5.41, 5.74) is 1.69. The van der Waals surface area contributed by atoms with Gasteiger partial charge in [0.2, 0.25) is 0 Å². The van der Waals surface area contributed by atoms with Crippen molar-refractivity contribution >= 4 is 23.4 Å². The van der Waals surface area contributed by atoms with Crippen LogP contribution in [0.2, 0.25) is 5.02 Å². The van der Waals surface area contributed by atoms with Crippen molar-refractivity contribution < 1.29 is 4.74 Å². The van der Waals surface area contributed by atoms with Gasteiger partial charge in [-0.3, -0.25) is 0 Å². The molecule has 0 saturated carbocycles. The highest BCUT2D eigenvalue weighted by molar-refractivity contribution is 6.30. The van der Waals surface area contributed by atoms with E-state index in [1.165, 1.54) is 0 Å². The molecule has 6 nitrogen and oxygen atoms in total. The van der Waals surface area contributed by atoms with Crippen LogP contribution in [0.15, 0.2) is 54.7 Å². The first-order valence-electron chi connectivity index (χ1n) is 6.88. The molecule has 0 amide bonds. The van der Waals surface area contributed by atoms with Gasteiger partial charge in [0.15, 0.2) is 5.82 Å². The minimum absolute atomic E-state index is 0.592. The van der Waals surface area contributed by atoms with Crippen molar-refractivity contribution in [1.29, 1.82) is 0 Å². The Bertz CT molecular complexity index is 813. The fourth-order valence-corrected chi connectivity index (χ4v) is 2.16. The van der Waals surface area contributed by atoms with Gasteiger partial charge >= 0.3 is 0 Å². The average molecular weight is 328 g/mol. The number of anilines is 1. The highest BCUT2D eigenvalue weighted by atomic mass is 35.5. The second-order valence-electron chi connectivity index (χ2n) is 4.60. The number of halogens is 1. The van der Waals surface area contributed by atoms with Crippen LogP contribution < -0.4 is 10.1 Å². The van der Waals surface area contributed by atoms with E-state index in [2.05, 4.69) is 20.8 Å². The average Bonchev–Trinajstić information content (AvgIpc) is 3.04. The van der Waals surface area contributed by atoms with Crippen LogP contribution in [0, 0.1) is 0 Å². The summed E-state index contributed by atoms with van der Waals surface area (Å²) in [5, 5.41) is 15.5. The van der Waals surface area contributed by atoms with Gasteiger partial charge in [-0.2, -0.15) is 4.68 Å². The summed E-state index contributed by atoms with van der Waals surface area (Å²) in [5.74, 6) is 1.35. The van der Waals surface area contributed by atoms with Gasteiger partial charge in [-0.05, 0) is 46.8 Å². The number of para-hydroxylation sites is 2. The molecule has 2 aromatic carbocycles. The molecule has 3 rings (SSSR count). The van der Waals surface area contributed by atoms with Crippen molar-refractivity contribution in [3.8, 4) is 11.4 Å². The summed E-state index contributed by atoms with van der Waals surface area (Å²) in [4.78, 5) is 0. The molecule has 0 unspecified atom stereocenters. The van der Waals surface area contributed by atoms with Crippen molar-refractivity contribution in [3.63, 3.8) is 0 Å². The van der Waals surface area contributed by atoms with Crippen molar-refractivity contribution in [2.45, 2.75) is 0 Å². The van der Waals surface area contributed by atoms with Crippen molar-refractivity contribution in [2.24, 2.45) is 0 Å². The smallest absolute Gasteiger partial charge is 0.181 e. The van der Waals surface area contributed by atoms with Gasteiger partial charge in [0, 0.05) is 17.3 Å². The number of ether oxygens (including phenoxy) is 1. The van der Waals surface area contributed by atoms with E-state index in [1.807, 2.05) is 36.4 Å². The second-order valence-corrected chi connectivity index (χ2v) is 5.04. The quantitative estimate of drug-likeness (QED) is 0.778. The summed E-state index contributed by atoms with van der Waals surface area (Å²) in [6.45, 7) is 0. The molecule has 23 heavy (non-hydrogen) atoms. The highest BCUT2D eigenvalue weighted by Gasteiger charge is 2.05. The van der Waals surface area contributed by atoms with E-state index in [-0.39, 0.29) is 0 Å². The van der Waals surface area contributed by atoms with Crippen LogP contribution >= 0.6 is 11.6 Å². The maximum absolute atomic E-state index is 5.90. The topological polar surface area (TPSA) is 64.9 Å². The number of aromatic nitrogens is 4. The Hall–Kier alpha value is -2.86. The number of nitrogens with one attached hydrogen (secondary N) is 1. The third-order valence-corrected chi connectivity index (χ3v) is 3.40. The van der Waals surface area contributed by atoms with Gasteiger partial charge in [-0.1, -0.05) is 23.7 Å². The predicted molar refractivity (Wildman–Crippen MR) is 89.8 cm³/mol. The molecule has 0 radical (unpaired) electrons. The molecular weight excluding hydrogens is 314 g/mol. The largest absolute Gasteiger partial charge is 0.495 e. The molecule has 7 heteroatoms. The zero-order chi connectivity index (χ0) is 16.1. The minimum atomic E-state index is 0.592. The number of methoxy groups -OCH3 is 1. The molecule has 0 atom stereocenters. The maximum atomic E-state index is 5.90. The zero-order valence-corrected chi connectivity index (χ0v) is 13.1. The molecular formula is C16H14ClN5O. The molecule has 116 valence electrons. The first-order chi connectivity index (χ1) is 11.3. The first-order valence-corrected chi connectivity index (χ1v) is 7.26. The van der Waals surface area contributed by atoms with Gasteiger partial charge < -0.3 is 10.1 Å². The lowest BCUT2D eigenvalue weighted by atomic mass is 10.3. The first kappa shape index (κ1) is 15.1. The molecule has 0 aliphatic rings. The molecule has 1 aromatic heterocycles. The van der Waals surface area contributed by atoms with E-state index in [1.54, 1.807) is 36.2 Å². The summed E-state index contributed by atoms with van der Waals surface area (Å²) in [6, 6.07) is 14.9. The van der Waals surface area contributed by atoms with Crippen LogP contribution in [0.5, 0.6) is 5.75 Å². The normalized spacial score (nSPS) is 10.9. The Morgan fingerprint density at radius 1 is 1.13 bits per heavy atom. The maximum Gasteiger partial charge on any atom is 0.181 e.